The average molecular weight is 361 g/mol. The van der Waals surface area contributed by atoms with E-state index in [1.54, 1.807) is 12.1 Å². The molecule has 4 nitrogen and oxygen atoms in total. The molecule has 1 aliphatic carbocycles. The smallest absolute Gasteiger partial charge is 0.341 e. The van der Waals surface area contributed by atoms with Gasteiger partial charge in [-0.25, -0.2) is 9.18 Å². The van der Waals surface area contributed by atoms with Crippen LogP contribution in [-0.2, 0) is 28.8 Å². The summed E-state index contributed by atoms with van der Waals surface area (Å²) in [7, 11) is 1.35. The number of methoxy groups -OCH3 is 1. The summed E-state index contributed by atoms with van der Waals surface area (Å²) in [6.07, 6.45) is 2.89. The number of carbonyl (C=O) groups excluding carboxylic acids is 2. The molecule has 1 aromatic heterocycles. The quantitative estimate of drug-likeness (QED) is 0.838. The van der Waals surface area contributed by atoms with Crippen LogP contribution in [0.15, 0.2) is 24.3 Å². The zero-order valence-electron chi connectivity index (χ0n) is 14.2. The van der Waals surface area contributed by atoms with Gasteiger partial charge in [-0.2, -0.15) is 0 Å². The van der Waals surface area contributed by atoms with Crippen LogP contribution in [0.3, 0.4) is 0 Å². The van der Waals surface area contributed by atoms with Crippen LogP contribution < -0.4 is 5.32 Å². The maximum Gasteiger partial charge on any atom is 0.341 e. The number of halogens is 1. The third kappa shape index (κ3) is 3.90. The van der Waals surface area contributed by atoms with Crippen molar-refractivity contribution >= 4 is 28.2 Å². The number of thiophene rings is 1. The maximum absolute atomic E-state index is 13.0. The van der Waals surface area contributed by atoms with Gasteiger partial charge < -0.3 is 10.1 Å². The second kappa shape index (κ2) is 7.35. The Hall–Kier alpha value is -2.21. The van der Waals surface area contributed by atoms with Gasteiger partial charge in [-0.05, 0) is 48.4 Å². The first-order valence-electron chi connectivity index (χ1n) is 8.25. The maximum atomic E-state index is 13.0. The number of amides is 1. The lowest BCUT2D eigenvalue weighted by atomic mass is 9.88. The van der Waals surface area contributed by atoms with Gasteiger partial charge in [0.25, 0.3) is 0 Å². The molecule has 1 aliphatic rings. The lowest BCUT2D eigenvalue weighted by molar-refractivity contribution is -0.115. The topological polar surface area (TPSA) is 55.4 Å². The molecule has 25 heavy (non-hydrogen) atoms. The number of hydrogen-bond donors (Lipinski definition) is 1. The van der Waals surface area contributed by atoms with Crippen molar-refractivity contribution in [2.75, 3.05) is 12.4 Å². The predicted octanol–water partition coefficient (Wildman–Crippen LogP) is 3.98. The first-order valence-corrected chi connectivity index (χ1v) is 9.06. The molecule has 132 valence electrons. The summed E-state index contributed by atoms with van der Waals surface area (Å²) in [5, 5.41) is 3.40. The molecular weight excluding hydrogens is 341 g/mol. The van der Waals surface area contributed by atoms with Crippen molar-refractivity contribution in [1.29, 1.82) is 0 Å². The zero-order chi connectivity index (χ0) is 18.0. The molecule has 1 amide bonds. The first-order chi connectivity index (χ1) is 12.0. The monoisotopic (exact) mass is 361 g/mol. The summed E-state index contributed by atoms with van der Waals surface area (Å²) in [5.74, 6) is -0.413. The lowest BCUT2D eigenvalue weighted by Gasteiger charge is -2.18. The number of rotatable bonds is 4. The molecule has 0 fully saturated rings. The number of anilines is 1. The van der Waals surface area contributed by atoms with Crippen molar-refractivity contribution in [3.05, 3.63) is 51.7 Å². The van der Waals surface area contributed by atoms with Crippen molar-refractivity contribution in [2.45, 2.75) is 32.6 Å². The van der Waals surface area contributed by atoms with Gasteiger partial charge in [0.15, 0.2) is 0 Å². The highest BCUT2D eigenvalue weighted by Gasteiger charge is 2.28. The summed E-state index contributed by atoms with van der Waals surface area (Å²) in [4.78, 5) is 25.7. The van der Waals surface area contributed by atoms with Gasteiger partial charge in [-0.15, -0.1) is 11.3 Å². The Labute approximate surface area is 150 Å². The molecule has 0 bridgehead atoms. The standard InChI is InChI=1S/C19H20FNO3S/c1-11-3-8-14-15(9-11)25-18(17(14)19(23)24-2)21-16(22)10-12-4-6-13(20)7-5-12/h4-7,11H,3,8-10H2,1-2H3,(H,21,22)/t11-/m0/s1. The summed E-state index contributed by atoms with van der Waals surface area (Å²) in [5.41, 5.74) is 2.21. The van der Waals surface area contributed by atoms with Gasteiger partial charge >= 0.3 is 5.97 Å². The van der Waals surface area contributed by atoms with Crippen molar-refractivity contribution < 1.29 is 18.7 Å². The third-order valence-corrected chi connectivity index (χ3v) is 5.60. The molecule has 0 unspecified atom stereocenters. The van der Waals surface area contributed by atoms with Gasteiger partial charge in [-0.3, -0.25) is 4.79 Å². The second-order valence-corrected chi connectivity index (χ2v) is 7.50. The Morgan fingerprint density at radius 2 is 2.04 bits per heavy atom. The van der Waals surface area contributed by atoms with Crippen LogP contribution in [0.2, 0.25) is 0 Å². The van der Waals surface area contributed by atoms with Gasteiger partial charge in [0.1, 0.15) is 10.8 Å². The Morgan fingerprint density at radius 1 is 1.32 bits per heavy atom. The number of esters is 1. The van der Waals surface area contributed by atoms with Crippen LogP contribution in [-0.4, -0.2) is 19.0 Å². The molecule has 1 N–H and O–H groups in total. The summed E-state index contributed by atoms with van der Waals surface area (Å²) in [6, 6.07) is 5.82. The average Bonchev–Trinajstić information content (AvgIpc) is 2.92. The fraction of sp³-hybridized carbons (Fsp3) is 0.368. The van der Waals surface area contributed by atoms with Crippen molar-refractivity contribution in [2.24, 2.45) is 5.92 Å². The molecule has 6 heteroatoms. The van der Waals surface area contributed by atoms with Crippen LogP contribution in [0, 0.1) is 11.7 Å². The molecule has 1 heterocycles. The van der Waals surface area contributed by atoms with E-state index in [-0.39, 0.29) is 18.1 Å². The highest BCUT2D eigenvalue weighted by Crippen LogP contribution is 2.40. The van der Waals surface area contributed by atoms with Crippen molar-refractivity contribution in [3.8, 4) is 0 Å². The minimum Gasteiger partial charge on any atom is -0.465 e. The van der Waals surface area contributed by atoms with Crippen LogP contribution in [0.1, 0.15) is 39.7 Å². The molecule has 0 spiro atoms. The molecule has 0 saturated carbocycles. The SMILES string of the molecule is COC(=O)c1c(NC(=O)Cc2ccc(F)cc2)sc2c1CC[C@H](C)C2. The number of benzene rings is 1. The largest absolute Gasteiger partial charge is 0.465 e. The minimum absolute atomic E-state index is 0.125. The van der Waals surface area contributed by atoms with E-state index in [4.69, 9.17) is 4.74 Å². The van der Waals surface area contributed by atoms with E-state index < -0.39 is 5.97 Å². The fourth-order valence-electron chi connectivity index (χ4n) is 3.12. The van der Waals surface area contributed by atoms with Crippen molar-refractivity contribution in [3.63, 3.8) is 0 Å². The molecule has 0 radical (unpaired) electrons. The third-order valence-electron chi connectivity index (χ3n) is 4.43. The minimum atomic E-state index is -0.413. The van der Waals surface area contributed by atoms with E-state index in [0.717, 1.165) is 29.7 Å². The first kappa shape index (κ1) is 17.6. The second-order valence-electron chi connectivity index (χ2n) is 6.40. The number of hydrogen-bond acceptors (Lipinski definition) is 4. The van der Waals surface area contributed by atoms with E-state index >= 15 is 0 Å². The van der Waals surface area contributed by atoms with E-state index in [2.05, 4.69) is 12.2 Å². The normalized spacial score (nSPS) is 16.2. The van der Waals surface area contributed by atoms with E-state index in [1.165, 1.54) is 30.6 Å². The number of ether oxygens (including phenoxy) is 1. The molecule has 3 rings (SSSR count). The molecular formula is C19H20FNO3S. The fourth-order valence-corrected chi connectivity index (χ4v) is 4.53. The predicted molar refractivity (Wildman–Crippen MR) is 95.6 cm³/mol. The van der Waals surface area contributed by atoms with Gasteiger partial charge in [0.05, 0.1) is 19.1 Å². The zero-order valence-corrected chi connectivity index (χ0v) is 15.0. The summed E-state index contributed by atoms with van der Waals surface area (Å²) in [6.45, 7) is 2.19. The Kier molecular flexibility index (Phi) is 5.18. The van der Waals surface area contributed by atoms with E-state index in [1.807, 2.05) is 0 Å². The number of fused-ring (bicyclic) bond motifs is 1. The van der Waals surface area contributed by atoms with Gasteiger partial charge in [-0.1, -0.05) is 19.1 Å². The van der Waals surface area contributed by atoms with E-state index in [9.17, 15) is 14.0 Å². The van der Waals surface area contributed by atoms with E-state index in [0.29, 0.717) is 22.0 Å². The molecule has 1 atom stereocenters. The van der Waals surface area contributed by atoms with Crippen LogP contribution in [0.4, 0.5) is 9.39 Å². The summed E-state index contributed by atoms with van der Waals surface area (Å²) >= 11 is 1.46. The lowest BCUT2D eigenvalue weighted by Crippen LogP contribution is -2.17. The van der Waals surface area contributed by atoms with Gasteiger partial charge in [0.2, 0.25) is 5.91 Å². The molecule has 0 aliphatic heterocycles. The summed E-state index contributed by atoms with van der Waals surface area (Å²) < 4.78 is 17.9. The van der Waals surface area contributed by atoms with Crippen LogP contribution >= 0.6 is 11.3 Å². The number of nitrogens with one attached hydrogen (secondary N) is 1. The number of carbonyl (C=O) groups is 2. The Bertz CT molecular complexity index is 798. The van der Waals surface area contributed by atoms with Gasteiger partial charge in [0, 0.05) is 4.88 Å². The molecule has 2 aromatic rings. The Morgan fingerprint density at radius 3 is 2.72 bits per heavy atom. The highest BCUT2D eigenvalue weighted by molar-refractivity contribution is 7.17. The van der Waals surface area contributed by atoms with Crippen LogP contribution in [0.5, 0.6) is 0 Å². The molecule has 1 aromatic carbocycles. The Balaban J connectivity index is 1.82. The van der Waals surface area contributed by atoms with Crippen LogP contribution in [0.25, 0.3) is 0 Å². The molecule has 0 saturated heterocycles. The van der Waals surface area contributed by atoms with Crippen molar-refractivity contribution in [1.82, 2.24) is 0 Å². The highest BCUT2D eigenvalue weighted by atomic mass is 32.1.